The third-order valence-electron chi connectivity index (χ3n) is 3.07. The van der Waals surface area contributed by atoms with Crippen LogP contribution in [-0.2, 0) is 0 Å². The van der Waals surface area contributed by atoms with Gasteiger partial charge in [-0.25, -0.2) is 0 Å². The number of nitrogens with one attached hydrogen (secondary N) is 2. The molecule has 1 aromatic rings. The van der Waals surface area contributed by atoms with Crippen LogP contribution in [0, 0.1) is 0 Å². The summed E-state index contributed by atoms with van der Waals surface area (Å²) in [7, 11) is 0. The van der Waals surface area contributed by atoms with Gasteiger partial charge < -0.3 is 15.7 Å². The van der Waals surface area contributed by atoms with E-state index in [1.165, 1.54) is 25.0 Å². The van der Waals surface area contributed by atoms with E-state index in [1.807, 2.05) is 0 Å². The smallest absolute Gasteiger partial charge is 0.251 e. The van der Waals surface area contributed by atoms with E-state index in [-0.39, 0.29) is 11.7 Å². The molecule has 1 saturated heterocycles. The molecule has 0 spiro atoms. The van der Waals surface area contributed by atoms with Gasteiger partial charge >= 0.3 is 0 Å². The number of phenolic OH excluding ortho intramolecular Hbond substituents is 1. The predicted molar refractivity (Wildman–Crippen MR) is 66.1 cm³/mol. The van der Waals surface area contributed by atoms with Crippen LogP contribution in [0.15, 0.2) is 24.3 Å². The van der Waals surface area contributed by atoms with Gasteiger partial charge in [-0.1, -0.05) is 0 Å². The molecule has 1 aromatic carbocycles. The molecular weight excluding hydrogens is 216 g/mol. The predicted octanol–water partition coefficient (Wildman–Crippen LogP) is 1.26. The monoisotopic (exact) mass is 234 g/mol. The average molecular weight is 234 g/mol. The molecule has 1 aliphatic rings. The van der Waals surface area contributed by atoms with Crippen LogP contribution < -0.4 is 10.6 Å². The van der Waals surface area contributed by atoms with E-state index >= 15 is 0 Å². The van der Waals surface area contributed by atoms with E-state index in [1.54, 1.807) is 12.1 Å². The van der Waals surface area contributed by atoms with Crippen LogP contribution in [-0.4, -0.2) is 30.1 Å². The Bertz CT molecular complexity index is 370. The molecule has 0 aliphatic carbocycles. The fraction of sp³-hybridized carbons (Fsp3) is 0.462. The summed E-state index contributed by atoms with van der Waals surface area (Å²) < 4.78 is 0. The number of hydrogen-bond acceptors (Lipinski definition) is 3. The van der Waals surface area contributed by atoms with E-state index in [2.05, 4.69) is 10.6 Å². The summed E-state index contributed by atoms with van der Waals surface area (Å²) in [6.45, 7) is 1.79. The number of phenols is 1. The SMILES string of the molecule is O=C(NCCC1CCCN1)c1ccc(O)cc1. The highest BCUT2D eigenvalue weighted by molar-refractivity contribution is 5.94. The third kappa shape index (κ3) is 3.46. The zero-order valence-corrected chi connectivity index (χ0v) is 9.78. The van der Waals surface area contributed by atoms with Crippen molar-refractivity contribution in [3.05, 3.63) is 29.8 Å². The Hall–Kier alpha value is -1.55. The second-order valence-corrected chi connectivity index (χ2v) is 4.38. The Morgan fingerprint density at radius 2 is 2.18 bits per heavy atom. The number of carbonyl (C=O) groups excluding carboxylic acids is 1. The largest absolute Gasteiger partial charge is 0.508 e. The molecule has 3 N–H and O–H groups in total. The van der Waals surface area contributed by atoms with Gasteiger partial charge in [-0.05, 0) is 50.1 Å². The summed E-state index contributed by atoms with van der Waals surface area (Å²) in [6.07, 6.45) is 3.41. The molecule has 92 valence electrons. The van der Waals surface area contributed by atoms with Gasteiger partial charge in [-0.2, -0.15) is 0 Å². The maximum Gasteiger partial charge on any atom is 0.251 e. The van der Waals surface area contributed by atoms with Crippen LogP contribution in [0.25, 0.3) is 0 Å². The van der Waals surface area contributed by atoms with Crippen molar-refractivity contribution in [2.45, 2.75) is 25.3 Å². The van der Waals surface area contributed by atoms with Crippen molar-refractivity contribution < 1.29 is 9.90 Å². The molecule has 2 rings (SSSR count). The molecule has 0 aromatic heterocycles. The zero-order valence-electron chi connectivity index (χ0n) is 9.78. The van der Waals surface area contributed by atoms with Gasteiger partial charge in [0.05, 0.1) is 0 Å². The lowest BCUT2D eigenvalue weighted by Gasteiger charge is -2.10. The Labute approximate surface area is 101 Å². The summed E-state index contributed by atoms with van der Waals surface area (Å²) in [5, 5.41) is 15.4. The maximum absolute atomic E-state index is 11.7. The van der Waals surface area contributed by atoms with Crippen molar-refractivity contribution in [3.8, 4) is 5.75 Å². The summed E-state index contributed by atoms with van der Waals surface area (Å²) in [4.78, 5) is 11.7. The highest BCUT2D eigenvalue weighted by Crippen LogP contribution is 2.10. The van der Waals surface area contributed by atoms with E-state index in [9.17, 15) is 4.79 Å². The normalized spacial score (nSPS) is 19.2. The molecule has 0 radical (unpaired) electrons. The van der Waals surface area contributed by atoms with Crippen LogP contribution >= 0.6 is 0 Å². The molecule has 4 heteroatoms. The lowest BCUT2D eigenvalue weighted by Crippen LogP contribution is -2.30. The number of rotatable bonds is 4. The first kappa shape index (κ1) is 11.9. The maximum atomic E-state index is 11.7. The molecule has 4 nitrogen and oxygen atoms in total. The molecular formula is C13H18N2O2. The lowest BCUT2D eigenvalue weighted by atomic mass is 10.1. The third-order valence-corrected chi connectivity index (χ3v) is 3.07. The number of aromatic hydroxyl groups is 1. The van der Waals surface area contributed by atoms with Gasteiger partial charge in [0.15, 0.2) is 0 Å². The molecule has 1 atom stereocenters. The molecule has 1 fully saturated rings. The summed E-state index contributed by atoms with van der Waals surface area (Å²) >= 11 is 0. The van der Waals surface area contributed by atoms with Crippen LogP contribution in [0.5, 0.6) is 5.75 Å². The summed E-state index contributed by atoms with van der Waals surface area (Å²) in [5.41, 5.74) is 0.585. The lowest BCUT2D eigenvalue weighted by molar-refractivity contribution is 0.0952. The van der Waals surface area contributed by atoms with Gasteiger partial charge in [0.2, 0.25) is 0 Å². The topological polar surface area (TPSA) is 61.4 Å². The summed E-state index contributed by atoms with van der Waals surface area (Å²) in [5.74, 6) is 0.0969. The highest BCUT2D eigenvalue weighted by atomic mass is 16.3. The fourth-order valence-electron chi connectivity index (χ4n) is 2.08. The molecule has 1 unspecified atom stereocenters. The highest BCUT2D eigenvalue weighted by Gasteiger charge is 2.13. The van der Waals surface area contributed by atoms with Crippen molar-refractivity contribution in [2.24, 2.45) is 0 Å². The van der Waals surface area contributed by atoms with Crippen LogP contribution in [0.1, 0.15) is 29.6 Å². The number of amides is 1. The minimum Gasteiger partial charge on any atom is -0.508 e. The minimum atomic E-state index is -0.0806. The average Bonchev–Trinajstić information content (AvgIpc) is 2.83. The van der Waals surface area contributed by atoms with Crippen molar-refractivity contribution >= 4 is 5.91 Å². The molecule has 1 amide bonds. The van der Waals surface area contributed by atoms with Crippen molar-refractivity contribution in [1.82, 2.24) is 10.6 Å². The molecule has 1 heterocycles. The van der Waals surface area contributed by atoms with Crippen LogP contribution in [0.3, 0.4) is 0 Å². The Morgan fingerprint density at radius 1 is 1.41 bits per heavy atom. The standard InChI is InChI=1S/C13H18N2O2/c16-12-5-3-10(4-6-12)13(17)15-9-7-11-2-1-8-14-11/h3-6,11,14,16H,1-2,7-9H2,(H,15,17). The Kier molecular flexibility index (Phi) is 3.98. The number of hydrogen-bond donors (Lipinski definition) is 3. The second-order valence-electron chi connectivity index (χ2n) is 4.38. The number of carbonyl (C=O) groups is 1. The van der Waals surface area contributed by atoms with E-state index in [4.69, 9.17) is 5.11 Å². The van der Waals surface area contributed by atoms with Crippen molar-refractivity contribution in [3.63, 3.8) is 0 Å². The minimum absolute atomic E-state index is 0.0806. The zero-order chi connectivity index (χ0) is 12.1. The van der Waals surface area contributed by atoms with E-state index in [0.717, 1.165) is 13.0 Å². The first-order valence-electron chi connectivity index (χ1n) is 6.06. The van der Waals surface area contributed by atoms with Gasteiger partial charge in [0.1, 0.15) is 5.75 Å². The first-order chi connectivity index (χ1) is 8.25. The Morgan fingerprint density at radius 3 is 2.82 bits per heavy atom. The fourth-order valence-corrected chi connectivity index (χ4v) is 2.08. The molecule has 1 aliphatic heterocycles. The van der Waals surface area contributed by atoms with Gasteiger partial charge in [-0.3, -0.25) is 4.79 Å². The van der Waals surface area contributed by atoms with Crippen LogP contribution in [0.2, 0.25) is 0 Å². The quantitative estimate of drug-likeness (QED) is 0.735. The van der Waals surface area contributed by atoms with E-state index in [0.29, 0.717) is 18.2 Å². The molecule has 17 heavy (non-hydrogen) atoms. The Balaban J connectivity index is 1.75. The van der Waals surface area contributed by atoms with E-state index < -0.39 is 0 Å². The van der Waals surface area contributed by atoms with Crippen LogP contribution in [0.4, 0.5) is 0 Å². The van der Waals surface area contributed by atoms with Crippen molar-refractivity contribution in [2.75, 3.05) is 13.1 Å². The van der Waals surface area contributed by atoms with Gasteiger partial charge in [0.25, 0.3) is 5.91 Å². The summed E-state index contributed by atoms with van der Waals surface area (Å²) in [6, 6.07) is 6.84. The first-order valence-corrected chi connectivity index (χ1v) is 6.06. The van der Waals surface area contributed by atoms with Gasteiger partial charge in [-0.15, -0.1) is 0 Å². The van der Waals surface area contributed by atoms with Crippen molar-refractivity contribution in [1.29, 1.82) is 0 Å². The van der Waals surface area contributed by atoms with Gasteiger partial charge in [0, 0.05) is 18.2 Å². The second kappa shape index (κ2) is 5.68. The number of benzene rings is 1. The molecule has 0 bridgehead atoms. The molecule has 0 saturated carbocycles.